The number of hydrogen-bond donors (Lipinski definition) is 0. The average Bonchev–Trinajstić information content (AvgIpc) is 2.56. The molecule has 0 saturated carbocycles. The Hall–Kier alpha value is -1.85. The van der Waals surface area contributed by atoms with Crippen LogP contribution in [0.25, 0.3) is 0 Å². The molecule has 0 aliphatic carbocycles. The molecule has 1 fully saturated rings. The van der Waals surface area contributed by atoms with Gasteiger partial charge in [-0.3, -0.25) is 0 Å². The van der Waals surface area contributed by atoms with Crippen molar-refractivity contribution >= 4 is 15.7 Å². The second kappa shape index (κ2) is 6.10. The van der Waals surface area contributed by atoms with E-state index in [0.29, 0.717) is 18.0 Å². The van der Waals surface area contributed by atoms with Crippen molar-refractivity contribution in [2.24, 2.45) is 0 Å². The van der Waals surface area contributed by atoms with Crippen molar-refractivity contribution in [1.29, 1.82) is 0 Å². The number of hydrogen-bond acceptors (Lipinski definition) is 3. The number of anilines is 1. The van der Waals surface area contributed by atoms with Crippen molar-refractivity contribution < 1.29 is 8.42 Å². The van der Waals surface area contributed by atoms with Crippen LogP contribution in [-0.2, 0) is 10.0 Å². The molecular formula is C17H20N2O2S. The second-order valence-corrected chi connectivity index (χ2v) is 7.48. The van der Waals surface area contributed by atoms with E-state index >= 15 is 0 Å². The predicted molar refractivity (Wildman–Crippen MR) is 88.6 cm³/mol. The summed E-state index contributed by atoms with van der Waals surface area (Å²) < 4.78 is 26.7. The Labute approximate surface area is 132 Å². The van der Waals surface area contributed by atoms with E-state index in [1.54, 1.807) is 28.6 Å². The van der Waals surface area contributed by atoms with Crippen LogP contribution in [0.3, 0.4) is 0 Å². The molecule has 0 amide bonds. The van der Waals surface area contributed by atoms with Gasteiger partial charge in [-0.2, -0.15) is 4.31 Å². The zero-order valence-electron chi connectivity index (χ0n) is 12.6. The van der Waals surface area contributed by atoms with E-state index in [0.717, 1.165) is 18.8 Å². The molecule has 2 aromatic rings. The van der Waals surface area contributed by atoms with E-state index in [-0.39, 0.29) is 0 Å². The lowest BCUT2D eigenvalue weighted by molar-refractivity contribution is 0.385. The zero-order valence-corrected chi connectivity index (χ0v) is 13.5. The fraction of sp³-hybridized carbons (Fsp3) is 0.294. The summed E-state index contributed by atoms with van der Waals surface area (Å²) in [5, 5.41) is 0. The topological polar surface area (TPSA) is 40.6 Å². The fourth-order valence-electron chi connectivity index (χ4n) is 2.68. The van der Waals surface area contributed by atoms with E-state index in [1.165, 1.54) is 5.56 Å². The molecule has 0 spiro atoms. The molecule has 0 aromatic heterocycles. The Morgan fingerprint density at radius 3 is 2.00 bits per heavy atom. The average molecular weight is 316 g/mol. The summed E-state index contributed by atoms with van der Waals surface area (Å²) in [5.41, 5.74) is 2.39. The number of nitrogens with zero attached hydrogens (tertiary/aromatic N) is 2. The summed E-state index contributed by atoms with van der Waals surface area (Å²) in [6.45, 7) is 4.54. The van der Waals surface area contributed by atoms with Crippen LogP contribution in [0.5, 0.6) is 0 Å². The Kier molecular flexibility index (Phi) is 4.18. The molecule has 1 aliphatic heterocycles. The van der Waals surface area contributed by atoms with Crippen LogP contribution in [0.1, 0.15) is 5.56 Å². The highest BCUT2D eigenvalue weighted by Crippen LogP contribution is 2.21. The van der Waals surface area contributed by atoms with Crippen LogP contribution in [0, 0.1) is 6.92 Å². The smallest absolute Gasteiger partial charge is 0.243 e. The van der Waals surface area contributed by atoms with Gasteiger partial charge in [0.2, 0.25) is 10.0 Å². The van der Waals surface area contributed by atoms with Crippen LogP contribution >= 0.6 is 0 Å². The van der Waals surface area contributed by atoms with Gasteiger partial charge in [-0.1, -0.05) is 35.9 Å². The van der Waals surface area contributed by atoms with E-state index in [4.69, 9.17) is 0 Å². The van der Waals surface area contributed by atoms with Crippen LogP contribution in [-0.4, -0.2) is 38.9 Å². The molecule has 1 heterocycles. The third-order valence-electron chi connectivity index (χ3n) is 4.02. The highest BCUT2D eigenvalue weighted by Gasteiger charge is 2.28. The SMILES string of the molecule is Cc1ccc(N2CCN(S(=O)(=O)c3ccccc3)CC2)cc1. The lowest BCUT2D eigenvalue weighted by atomic mass is 10.2. The van der Waals surface area contributed by atoms with Crippen LogP contribution in [0.15, 0.2) is 59.5 Å². The van der Waals surface area contributed by atoms with E-state index in [2.05, 4.69) is 36.1 Å². The third-order valence-corrected chi connectivity index (χ3v) is 5.93. The zero-order chi connectivity index (χ0) is 15.6. The monoisotopic (exact) mass is 316 g/mol. The number of benzene rings is 2. The minimum Gasteiger partial charge on any atom is -0.369 e. The Balaban J connectivity index is 1.70. The molecule has 1 saturated heterocycles. The van der Waals surface area contributed by atoms with Gasteiger partial charge in [0.25, 0.3) is 0 Å². The van der Waals surface area contributed by atoms with Gasteiger partial charge >= 0.3 is 0 Å². The number of rotatable bonds is 3. The molecule has 0 radical (unpaired) electrons. The molecule has 1 aliphatic rings. The molecule has 0 unspecified atom stereocenters. The van der Waals surface area contributed by atoms with Crippen LogP contribution in [0.2, 0.25) is 0 Å². The maximum atomic E-state index is 12.6. The third kappa shape index (κ3) is 3.00. The van der Waals surface area contributed by atoms with Crippen molar-refractivity contribution in [3.8, 4) is 0 Å². The van der Waals surface area contributed by atoms with Crippen molar-refractivity contribution in [2.75, 3.05) is 31.1 Å². The van der Waals surface area contributed by atoms with Gasteiger partial charge < -0.3 is 4.90 Å². The normalized spacial score (nSPS) is 16.7. The first-order valence-corrected chi connectivity index (χ1v) is 8.88. The maximum Gasteiger partial charge on any atom is 0.243 e. The van der Waals surface area contributed by atoms with E-state index in [9.17, 15) is 8.42 Å². The van der Waals surface area contributed by atoms with Gasteiger partial charge in [-0.15, -0.1) is 0 Å². The number of piperazine rings is 1. The molecule has 0 atom stereocenters. The summed E-state index contributed by atoms with van der Waals surface area (Å²) in [5.74, 6) is 0. The molecule has 4 nitrogen and oxygen atoms in total. The second-order valence-electron chi connectivity index (χ2n) is 5.54. The maximum absolute atomic E-state index is 12.6. The first kappa shape index (κ1) is 15.1. The molecule has 5 heteroatoms. The first-order valence-electron chi connectivity index (χ1n) is 7.44. The summed E-state index contributed by atoms with van der Waals surface area (Å²) >= 11 is 0. The van der Waals surface area contributed by atoms with Gasteiger partial charge in [-0.25, -0.2) is 8.42 Å². The molecule has 0 N–H and O–H groups in total. The summed E-state index contributed by atoms with van der Waals surface area (Å²) in [6, 6.07) is 17.0. The minimum atomic E-state index is -3.37. The molecule has 0 bridgehead atoms. The summed E-state index contributed by atoms with van der Waals surface area (Å²) in [6.07, 6.45) is 0. The molecule has 22 heavy (non-hydrogen) atoms. The van der Waals surface area contributed by atoms with Gasteiger partial charge in [0.05, 0.1) is 4.90 Å². The van der Waals surface area contributed by atoms with Crippen LogP contribution in [0.4, 0.5) is 5.69 Å². The van der Waals surface area contributed by atoms with E-state index < -0.39 is 10.0 Å². The Morgan fingerprint density at radius 1 is 0.818 bits per heavy atom. The van der Waals surface area contributed by atoms with Gasteiger partial charge in [0, 0.05) is 31.9 Å². The quantitative estimate of drug-likeness (QED) is 0.873. The molecule has 3 rings (SSSR count). The van der Waals surface area contributed by atoms with Crippen molar-refractivity contribution in [2.45, 2.75) is 11.8 Å². The summed E-state index contributed by atoms with van der Waals surface area (Å²) in [4.78, 5) is 2.61. The number of sulfonamides is 1. The highest BCUT2D eigenvalue weighted by atomic mass is 32.2. The van der Waals surface area contributed by atoms with Gasteiger partial charge in [-0.05, 0) is 31.2 Å². The first-order chi connectivity index (χ1) is 10.6. The Morgan fingerprint density at radius 2 is 1.41 bits per heavy atom. The fourth-order valence-corrected chi connectivity index (χ4v) is 4.13. The van der Waals surface area contributed by atoms with Crippen molar-refractivity contribution in [1.82, 2.24) is 4.31 Å². The van der Waals surface area contributed by atoms with Gasteiger partial charge in [0.1, 0.15) is 0 Å². The standard InChI is InChI=1S/C17H20N2O2S/c1-15-7-9-16(10-8-15)18-11-13-19(14-12-18)22(20,21)17-5-3-2-4-6-17/h2-10H,11-14H2,1H3. The van der Waals surface area contributed by atoms with E-state index in [1.807, 2.05) is 6.07 Å². The van der Waals surface area contributed by atoms with Crippen LogP contribution < -0.4 is 4.90 Å². The van der Waals surface area contributed by atoms with Crippen molar-refractivity contribution in [3.63, 3.8) is 0 Å². The minimum absolute atomic E-state index is 0.374. The van der Waals surface area contributed by atoms with Crippen molar-refractivity contribution in [3.05, 3.63) is 60.2 Å². The number of aryl methyl sites for hydroxylation is 1. The Bertz CT molecular complexity index is 719. The molecule has 116 valence electrons. The molecule has 2 aromatic carbocycles. The lowest BCUT2D eigenvalue weighted by Crippen LogP contribution is -2.48. The highest BCUT2D eigenvalue weighted by molar-refractivity contribution is 7.89. The molecular weight excluding hydrogens is 296 g/mol. The summed E-state index contributed by atoms with van der Waals surface area (Å²) in [7, 11) is -3.37. The van der Waals surface area contributed by atoms with Gasteiger partial charge in [0.15, 0.2) is 0 Å². The predicted octanol–water partition coefficient (Wildman–Crippen LogP) is 2.51. The largest absolute Gasteiger partial charge is 0.369 e. The lowest BCUT2D eigenvalue weighted by Gasteiger charge is -2.35.